The van der Waals surface area contributed by atoms with Crippen molar-refractivity contribution in [2.75, 3.05) is 11.9 Å². The van der Waals surface area contributed by atoms with Crippen molar-refractivity contribution in [2.45, 2.75) is 57.0 Å². The molecule has 3 aliphatic rings. The Morgan fingerprint density at radius 1 is 0.977 bits per heavy atom. The second-order valence-corrected chi connectivity index (χ2v) is 11.3. The Morgan fingerprint density at radius 3 is 2.51 bits per heavy atom. The van der Waals surface area contributed by atoms with Gasteiger partial charge >= 0.3 is 0 Å². The van der Waals surface area contributed by atoms with Gasteiger partial charge < -0.3 is 16.0 Å². The highest BCUT2D eigenvalue weighted by Crippen LogP contribution is 2.31. The van der Waals surface area contributed by atoms with Gasteiger partial charge in [-0.15, -0.1) is 0 Å². The summed E-state index contributed by atoms with van der Waals surface area (Å²) in [4.78, 5) is 59.8. The quantitative estimate of drug-likeness (QED) is 0.221. The molecule has 4 amide bonds. The summed E-state index contributed by atoms with van der Waals surface area (Å²) in [7, 11) is 0. The van der Waals surface area contributed by atoms with Gasteiger partial charge in [0.1, 0.15) is 6.04 Å². The molecule has 0 radical (unpaired) electrons. The Hall–Kier alpha value is -4.93. The van der Waals surface area contributed by atoms with Crippen molar-refractivity contribution in [1.29, 1.82) is 5.41 Å². The largest absolute Gasteiger partial charge is 0.388 e. The van der Waals surface area contributed by atoms with Gasteiger partial charge in [0.25, 0.3) is 11.8 Å². The van der Waals surface area contributed by atoms with Gasteiger partial charge in [-0.25, -0.2) is 4.98 Å². The van der Waals surface area contributed by atoms with Crippen molar-refractivity contribution in [1.82, 2.24) is 25.5 Å². The predicted octanol–water partition coefficient (Wildman–Crippen LogP) is 3.67. The number of anilines is 1. The molecule has 220 valence electrons. The SMILES string of the molecule is N=C/C(=C\NC1CCC(CCNc2ccc3c(c2)C(=O)N(C2CCC(=O)NC2=O)C3=O)CC1)c1cnc2ccccc2n1. The van der Waals surface area contributed by atoms with E-state index >= 15 is 0 Å². The normalized spacial score (nSPS) is 22.4. The fraction of sp³-hybridized carbons (Fsp3) is 0.344. The highest BCUT2D eigenvalue weighted by Gasteiger charge is 2.44. The number of nitrogens with one attached hydrogen (secondary N) is 4. The summed E-state index contributed by atoms with van der Waals surface area (Å²) in [5.41, 5.74) is 4.30. The maximum atomic E-state index is 13.1. The van der Waals surface area contributed by atoms with Gasteiger partial charge in [-0.2, -0.15) is 0 Å². The number of benzene rings is 2. The third-order valence-electron chi connectivity index (χ3n) is 8.54. The third-order valence-corrected chi connectivity index (χ3v) is 8.54. The van der Waals surface area contributed by atoms with E-state index in [0.29, 0.717) is 23.2 Å². The molecule has 2 aromatic carbocycles. The average molecular weight is 580 g/mol. The molecule has 1 atom stereocenters. The zero-order chi connectivity index (χ0) is 29.9. The number of rotatable bonds is 9. The smallest absolute Gasteiger partial charge is 0.262 e. The first kappa shape index (κ1) is 28.2. The Morgan fingerprint density at radius 2 is 1.74 bits per heavy atom. The molecule has 2 aliphatic heterocycles. The number of carbonyl (C=O) groups excluding carboxylic acids is 4. The first-order valence-corrected chi connectivity index (χ1v) is 14.7. The Labute approximate surface area is 248 Å². The molecule has 0 spiro atoms. The Balaban J connectivity index is 0.980. The lowest BCUT2D eigenvalue weighted by Gasteiger charge is -2.29. The summed E-state index contributed by atoms with van der Waals surface area (Å²) in [6, 6.07) is 12.1. The monoisotopic (exact) mass is 579 g/mol. The van der Waals surface area contributed by atoms with Crippen LogP contribution < -0.4 is 16.0 Å². The molecule has 0 bridgehead atoms. The number of carbonyl (C=O) groups is 4. The summed E-state index contributed by atoms with van der Waals surface area (Å²) in [5.74, 6) is -1.44. The molecule has 4 N–H and O–H groups in total. The van der Waals surface area contributed by atoms with Crippen LogP contribution in [0.2, 0.25) is 0 Å². The molecule has 2 fully saturated rings. The van der Waals surface area contributed by atoms with Crippen LogP contribution in [0.5, 0.6) is 0 Å². The highest BCUT2D eigenvalue weighted by molar-refractivity contribution is 6.23. The summed E-state index contributed by atoms with van der Waals surface area (Å²) in [6.45, 7) is 0.735. The van der Waals surface area contributed by atoms with E-state index in [1.54, 1.807) is 24.4 Å². The van der Waals surface area contributed by atoms with E-state index in [1.807, 2.05) is 30.5 Å². The number of hydrogen-bond donors (Lipinski definition) is 4. The van der Waals surface area contributed by atoms with Crippen LogP contribution in [0.1, 0.15) is 71.4 Å². The molecule has 43 heavy (non-hydrogen) atoms. The van der Waals surface area contributed by atoms with Gasteiger partial charge in [0, 0.05) is 42.7 Å². The number of hydrogen-bond acceptors (Lipinski definition) is 9. The van der Waals surface area contributed by atoms with Crippen LogP contribution in [-0.2, 0) is 9.59 Å². The van der Waals surface area contributed by atoms with Crippen LogP contribution in [-0.4, -0.2) is 63.3 Å². The number of nitrogens with zero attached hydrogens (tertiary/aromatic N) is 3. The van der Waals surface area contributed by atoms with Crippen molar-refractivity contribution in [3.8, 4) is 0 Å². The maximum absolute atomic E-state index is 13.1. The molecule has 1 unspecified atom stereocenters. The van der Waals surface area contributed by atoms with E-state index in [9.17, 15) is 19.2 Å². The van der Waals surface area contributed by atoms with Crippen LogP contribution in [0, 0.1) is 11.3 Å². The first-order chi connectivity index (χ1) is 20.9. The number of imide groups is 2. The van der Waals surface area contributed by atoms with Gasteiger partial charge in [-0.1, -0.05) is 12.1 Å². The molecule has 1 aliphatic carbocycles. The molecule has 1 aromatic heterocycles. The second kappa shape index (κ2) is 12.1. The zero-order valence-electron chi connectivity index (χ0n) is 23.6. The second-order valence-electron chi connectivity index (χ2n) is 11.3. The van der Waals surface area contributed by atoms with E-state index in [0.717, 1.165) is 60.3 Å². The van der Waals surface area contributed by atoms with Gasteiger partial charge in [-0.05, 0) is 74.8 Å². The maximum Gasteiger partial charge on any atom is 0.262 e. The van der Waals surface area contributed by atoms with Crippen LogP contribution in [0.3, 0.4) is 0 Å². The Kier molecular flexibility index (Phi) is 7.95. The molecule has 1 saturated heterocycles. The van der Waals surface area contributed by atoms with E-state index in [-0.39, 0.29) is 24.0 Å². The lowest BCUT2D eigenvalue weighted by Crippen LogP contribution is -2.54. The Bertz CT molecular complexity index is 1640. The molecule has 6 rings (SSSR count). The topological polar surface area (TPSA) is 157 Å². The van der Waals surface area contributed by atoms with Crippen molar-refractivity contribution in [3.63, 3.8) is 0 Å². The van der Waals surface area contributed by atoms with E-state index in [2.05, 4.69) is 25.9 Å². The third kappa shape index (κ3) is 5.88. The highest BCUT2D eigenvalue weighted by atomic mass is 16.2. The van der Waals surface area contributed by atoms with Crippen LogP contribution in [0.15, 0.2) is 54.9 Å². The standard InChI is InChI=1S/C32H33N7O4/c33-16-20(27-18-36-25-3-1-2-4-26(25)37-27)17-35-21-7-5-19(6-8-21)13-14-34-22-9-10-23-24(15-22)32(43)39(31(23)42)28-11-12-29(40)38-30(28)41/h1-4,9-10,15-19,21,28,33-35H,5-8,11-14H2,(H,38,40,41)/b20-17+,33-16?. The number of aromatic nitrogens is 2. The van der Waals surface area contributed by atoms with Crippen LogP contribution in [0.25, 0.3) is 16.6 Å². The molecule has 3 aromatic rings. The predicted molar refractivity (Wildman–Crippen MR) is 161 cm³/mol. The fourth-order valence-electron chi connectivity index (χ4n) is 6.11. The number of para-hydroxylation sites is 2. The summed E-state index contributed by atoms with van der Waals surface area (Å²) >= 11 is 0. The van der Waals surface area contributed by atoms with E-state index in [1.165, 1.54) is 6.21 Å². The minimum atomic E-state index is -0.967. The van der Waals surface area contributed by atoms with E-state index < -0.39 is 29.7 Å². The van der Waals surface area contributed by atoms with Crippen molar-refractivity contribution in [2.24, 2.45) is 5.92 Å². The van der Waals surface area contributed by atoms with Gasteiger partial charge in [0.05, 0.1) is 34.1 Å². The minimum Gasteiger partial charge on any atom is -0.388 e. The van der Waals surface area contributed by atoms with Crippen molar-refractivity contribution in [3.05, 3.63) is 71.7 Å². The summed E-state index contributed by atoms with van der Waals surface area (Å²) in [6.07, 6.45) is 10.3. The molecule has 11 heteroatoms. The summed E-state index contributed by atoms with van der Waals surface area (Å²) in [5, 5.41) is 16.9. The summed E-state index contributed by atoms with van der Waals surface area (Å²) < 4.78 is 0. The number of allylic oxidation sites excluding steroid dienone is 1. The van der Waals surface area contributed by atoms with Gasteiger partial charge in [0.2, 0.25) is 11.8 Å². The van der Waals surface area contributed by atoms with Gasteiger partial charge in [0.15, 0.2) is 0 Å². The molecule has 11 nitrogen and oxygen atoms in total. The lowest BCUT2D eigenvalue weighted by molar-refractivity contribution is -0.136. The van der Waals surface area contributed by atoms with E-state index in [4.69, 9.17) is 5.41 Å². The average Bonchev–Trinajstić information content (AvgIpc) is 3.26. The fourth-order valence-corrected chi connectivity index (χ4v) is 6.11. The lowest BCUT2D eigenvalue weighted by atomic mass is 9.84. The molecular formula is C32H33N7O4. The van der Waals surface area contributed by atoms with Crippen LogP contribution in [0.4, 0.5) is 5.69 Å². The van der Waals surface area contributed by atoms with Crippen molar-refractivity contribution < 1.29 is 19.2 Å². The van der Waals surface area contributed by atoms with Crippen LogP contribution >= 0.6 is 0 Å². The number of amides is 4. The molecular weight excluding hydrogens is 546 g/mol. The number of fused-ring (bicyclic) bond motifs is 2. The minimum absolute atomic E-state index is 0.0939. The van der Waals surface area contributed by atoms with Crippen molar-refractivity contribution >= 4 is 52.1 Å². The molecule has 1 saturated carbocycles. The first-order valence-electron chi connectivity index (χ1n) is 14.7. The molecule has 3 heterocycles. The van der Waals surface area contributed by atoms with Gasteiger partial charge in [-0.3, -0.25) is 34.4 Å². The number of piperidine rings is 1. The zero-order valence-corrected chi connectivity index (χ0v) is 23.6.